The van der Waals surface area contributed by atoms with E-state index < -0.39 is 11.7 Å². The molecule has 1 unspecified atom stereocenters. The Labute approximate surface area is 191 Å². The zero-order valence-corrected chi connectivity index (χ0v) is 18.2. The topological polar surface area (TPSA) is 87.5 Å². The van der Waals surface area contributed by atoms with Gasteiger partial charge in [-0.25, -0.2) is 4.98 Å². The van der Waals surface area contributed by atoms with Crippen LogP contribution in [-0.2, 0) is 17.5 Å². The number of carbonyl (C=O) groups is 2. The molecule has 0 spiro atoms. The number of hydrogen-bond acceptors (Lipinski definition) is 6. The molecular weight excluding hydrogens is 457 g/mol. The summed E-state index contributed by atoms with van der Waals surface area (Å²) in [5.74, 6) is -0.143. The van der Waals surface area contributed by atoms with E-state index in [9.17, 15) is 22.8 Å². The normalized spacial score (nSPS) is 16.5. The standard InChI is InChI=1S/C22H21F3N4O3S/c23-22(24,25)15-5-1-6-16(10-15)27-21-28-18(13-33-21)20(31)29-8-2-4-14(12-29)19(30)26-11-17-7-3-9-32-17/h1,3,5-7,9-10,13-14H,2,4,8,11-12H2,(H,26,30)(H,27,28). The Hall–Kier alpha value is -3.34. The lowest BCUT2D eigenvalue weighted by Crippen LogP contribution is -2.45. The van der Waals surface area contributed by atoms with E-state index in [0.29, 0.717) is 30.3 Å². The molecule has 11 heteroatoms. The van der Waals surface area contributed by atoms with Gasteiger partial charge in [-0.15, -0.1) is 11.3 Å². The third-order valence-electron chi connectivity index (χ3n) is 5.26. The van der Waals surface area contributed by atoms with Crippen LogP contribution in [0.3, 0.4) is 0 Å². The molecule has 2 amide bonds. The van der Waals surface area contributed by atoms with E-state index in [1.54, 1.807) is 22.4 Å². The number of anilines is 2. The summed E-state index contributed by atoms with van der Waals surface area (Å²) in [5, 5.41) is 7.50. The molecule has 33 heavy (non-hydrogen) atoms. The van der Waals surface area contributed by atoms with Crippen molar-refractivity contribution in [3.63, 3.8) is 0 Å². The Morgan fingerprint density at radius 1 is 1.24 bits per heavy atom. The molecule has 7 nitrogen and oxygen atoms in total. The number of aromatic nitrogens is 1. The fourth-order valence-electron chi connectivity index (χ4n) is 3.60. The van der Waals surface area contributed by atoms with Crippen LogP contribution < -0.4 is 10.6 Å². The second-order valence-electron chi connectivity index (χ2n) is 7.63. The van der Waals surface area contributed by atoms with Crippen LogP contribution in [0.1, 0.15) is 34.7 Å². The van der Waals surface area contributed by atoms with Crippen molar-refractivity contribution in [3.8, 4) is 0 Å². The average Bonchev–Trinajstić information content (AvgIpc) is 3.49. The first-order valence-electron chi connectivity index (χ1n) is 10.3. The lowest BCUT2D eigenvalue weighted by Gasteiger charge is -2.31. The summed E-state index contributed by atoms with van der Waals surface area (Å²) in [4.78, 5) is 31.2. The molecule has 0 radical (unpaired) electrons. The number of rotatable bonds is 6. The van der Waals surface area contributed by atoms with Gasteiger partial charge in [-0.05, 0) is 43.2 Å². The van der Waals surface area contributed by atoms with E-state index in [4.69, 9.17) is 4.42 Å². The van der Waals surface area contributed by atoms with Crippen LogP contribution in [0, 0.1) is 5.92 Å². The minimum Gasteiger partial charge on any atom is -0.467 e. The third-order valence-corrected chi connectivity index (χ3v) is 6.02. The quantitative estimate of drug-likeness (QED) is 0.538. The van der Waals surface area contributed by atoms with E-state index in [1.807, 2.05) is 0 Å². The minimum absolute atomic E-state index is 0.144. The van der Waals surface area contributed by atoms with Crippen LogP contribution >= 0.6 is 11.3 Å². The zero-order valence-electron chi connectivity index (χ0n) is 17.4. The molecule has 1 atom stereocenters. The maximum absolute atomic E-state index is 12.9. The van der Waals surface area contributed by atoms with Crippen LogP contribution in [0.2, 0.25) is 0 Å². The SMILES string of the molecule is O=C(NCc1ccco1)C1CCCN(C(=O)c2csc(Nc3cccc(C(F)(F)F)c3)n2)C1. The first-order chi connectivity index (χ1) is 15.8. The number of nitrogens with zero attached hydrogens (tertiary/aromatic N) is 2. The Kier molecular flexibility index (Phi) is 6.68. The number of furan rings is 1. The number of amides is 2. The van der Waals surface area contributed by atoms with Crippen LogP contribution in [0.25, 0.3) is 0 Å². The van der Waals surface area contributed by atoms with Gasteiger partial charge in [0.2, 0.25) is 5.91 Å². The van der Waals surface area contributed by atoms with Crippen molar-refractivity contribution in [3.05, 3.63) is 65.1 Å². The second kappa shape index (κ2) is 9.65. The molecule has 1 aliphatic heterocycles. The number of alkyl halides is 3. The predicted molar refractivity (Wildman–Crippen MR) is 116 cm³/mol. The summed E-state index contributed by atoms with van der Waals surface area (Å²) in [6.45, 7) is 1.07. The summed E-state index contributed by atoms with van der Waals surface area (Å²) >= 11 is 1.12. The number of carbonyl (C=O) groups excluding carboxylic acids is 2. The average molecular weight is 478 g/mol. The van der Waals surface area contributed by atoms with Crippen molar-refractivity contribution in [2.45, 2.75) is 25.6 Å². The molecule has 1 fully saturated rings. The molecular formula is C22H21F3N4O3S. The van der Waals surface area contributed by atoms with Crippen LogP contribution in [0.5, 0.6) is 0 Å². The number of likely N-dealkylation sites (tertiary alicyclic amines) is 1. The van der Waals surface area contributed by atoms with Crippen LogP contribution in [0.15, 0.2) is 52.5 Å². The van der Waals surface area contributed by atoms with Gasteiger partial charge in [0.25, 0.3) is 5.91 Å². The van der Waals surface area contributed by atoms with Gasteiger partial charge in [-0.2, -0.15) is 13.2 Å². The predicted octanol–water partition coefficient (Wildman–Crippen LogP) is 4.67. The smallest absolute Gasteiger partial charge is 0.416 e. The molecule has 0 aliphatic carbocycles. The highest BCUT2D eigenvalue weighted by molar-refractivity contribution is 7.14. The highest BCUT2D eigenvalue weighted by atomic mass is 32.1. The van der Waals surface area contributed by atoms with E-state index in [1.165, 1.54) is 18.4 Å². The van der Waals surface area contributed by atoms with Gasteiger partial charge in [-0.3, -0.25) is 9.59 Å². The van der Waals surface area contributed by atoms with Crippen molar-refractivity contribution in [1.29, 1.82) is 0 Å². The number of nitrogens with one attached hydrogen (secondary N) is 2. The summed E-state index contributed by atoms with van der Waals surface area (Å²) in [6.07, 6.45) is -1.56. The molecule has 1 saturated heterocycles. The van der Waals surface area contributed by atoms with Crippen LogP contribution in [-0.4, -0.2) is 34.8 Å². The lowest BCUT2D eigenvalue weighted by atomic mass is 9.97. The molecule has 1 aliphatic rings. The second-order valence-corrected chi connectivity index (χ2v) is 8.49. The van der Waals surface area contributed by atoms with Gasteiger partial charge in [0.1, 0.15) is 11.5 Å². The first kappa shape index (κ1) is 22.8. The Morgan fingerprint density at radius 3 is 2.85 bits per heavy atom. The maximum atomic E-state index is 12.9. The zero-order chi connectivity index (χ0) is 23.4. The molecule has 0 saturated carbocycles. The van der Waals surface area contributed by atoms with Gasteiger partial charge in [0, 0.05) is 24.2 Å². The van der Waals surface area contributed by atoms with Crippen molar-refractivity contribution in [1.82, 2.24) is 15.2 Å². The maximum Gasteiger partial charge on any atom is 0.416 e. The number of hydrogen-bond donors (Lipinski definition) is 2. The Bertz CT molecular complexity index is 1110. The molecule has 2 aromatic heterocycles. The Morgan fingerprint density at radius 2 is 2.09 bits per heavy atom. The van der Waals surface area contributed by atoms with E-state index in [-0.39, 0.29) is 42.2 Å². The molecule has 174 valence electrons. The summed E-state index contributed by atoms with van der Waals surface area (Å²) < 4.78 is 43.9. The van der Waals surface area contributed by atoms with E-state index in [0.717, 1.165) is 23.5 Å². The highest BCUT2D eigenvalue weighted by Gasteiger charge is 2.31. The van der Waals surface area contributed by atoms with Gasteiger partial charge in [0.15, 0.2) is 5.13 Å². The highest BCUT2D eigenvalue weighted by Crippen LogP contribution is 2.32. The summed E-state index contributed by atoms with van der Waals surface area (Å²) in [7, 11) is 0. The van der Waals surface area contributed by atoms with Gasteiger partial charge in [0.05, 0.1) is 24.3 Å². The van der Waals surface area contributed by atoms with Crippen LogP contribution in [0.4, 0.5) is 24.0 Å². The number of piperidine rings is 1. The summed E-state index contributed by atoms with van der Waals surface area (Å²) in [6, 6.07) is 8.28. The molecule has 3 heterocycles. The molecule has 3 aromatic rings. The largest absolute Gasteiger partial charge is 0.467 e. The first-order valence-corrected chi connectivity index (χ1v) is 11.2. The van der Waals surface area contributed by atoms with E-state index in [2.05, 4.69) is 15.6 Å². The van der Waals surface area contributed by atoms with Crippen molar-refractivity contribution in [2.75, 3.05) is 18.4 Å². The number of halogens is 3. The molecule has 1 aromatic carbocycles. The summed E-state index contributed by atoms with van der Waals surface area (Å²) in [5.41, 5.74) is -0.361. The minimum atomic E-state index is -4.45. The molecule has 0 bridgehead atoms. The monoisotopic (exact) mass is 478 g/mol. The third kappa shape index (κ3) is 5.72. The van der Waals surface area contributed by atoms with Crippen molar-refractivity contribution >= 4 is 34.0 Å². The molecule has 2 N–H and O–H groups in total. The fourth-order valence-corrected chi connectivity index (χ4v) is 4.30. The fraction of sp³-hybridized carbons (Fsp3) is 0.318. The van der Waals surface area contributed by atoms with Gasteiger partial charge in [-0.1, -0.05) is 6.07 Å². The Balaban J connectivity index is 1.36. The van der Waals surface area contributed by atoms with Gasteiger partial charge < -0.3 is 20.0 Å². The van der Waals surface area contributed by atoms with Crippen molar-refractivity contribution < 1.29 is 27.2 Å². The molecule has 4 rings (SSSR count). The van der Waals surface area contributed by atoms with E-state index >= 15 is 0 Å². The lowest BCUT2D eigenvalue weighted by molar-refractivity contribution is -0.137. The van der Waals surface area contributed by atoms with Crippen molar-refractivity contribution in [2.24, 2.45) is 5.92 Å². The van der Waals surface area contributed by atoms with Gasteiger partial charge >= 0.3 is 6.18 Å². The number of thiazole rings is 1. The number of benzene rings is 1.